The minimum absolute atomic E-state index is 0.241. The van der Waals surface area contributed by atoms with Gasteiger partial charge in [-0.05, 0) is 55.9 Å². The van der Waals surface area contributed by atoms with E-state index in [4.69, 9.17) is 0 Å². The summed E-state index contributed by atoms with van der Waals surface area (Å²) in [6.45, 7) is 4.51. The second-order valence-corrected chi connectivity index (χ2v) is 7.38. The van der Waals surface area contributed by atoms with Gasteiger partial charge in [0.2, 0.25) is 0 Å². The molecule has 1 saturated heterocycles. The molecule has 6 nitrogen and oxygen atoms in total. The molecular formula is C20H25N5O. The highest BCUT2D eigenvalue weighted by molar-refractivity contribution is 6.02. The highest BCUT2D eigenvalue weighted by Crippen LogP contribution is 2.25. The first-order valence-corrected chi connectivity index (χ1v) is 9.42. The maximum Gasteiger partial charge on any atom is 0.275 e. The minimum Gasteiger partial charge on any atom is -0.372 e. The summed E-state index contributed by atoms with van der Waals surface area (Å²) in [5, 5.41) is 6.15. The first kappa shape index (κ1) is 16.8. The van der Waals surface area contributed by atoms with Gasteiger partial charge in [-0.25, -0.2) is 9.97 Å². The van der Waals surface area contributed by atoms with E-state index in [1.807, 2.05) is 12.1 Å². The van der Waals surface area contributed by atoms with Gasteiger partial charge in [0.05, 0.1) is 12.4 Å². The van der Waals surface area contributed by atoms with E-state index in [2.05, 4.69) is 44.6 Å². The molecule has 0 atom stereocenters. The van der Waals surface area contributed by atoms with Crippen molar-refractivity contribution < 1.29 is 4.79 Å². The van der Waals surface area contributed by atoms with Crippen LogP contribution in [0.3, 0.4) is 0 Å². The Bertz CT molecular complexity index is 747. The first-order valence-electron chi connectivity index (χ1n) is 9.42. The van der Waals surface area contributed by atoms with Crippen molar-refractivity contribution in [3.05, 3.63) is 42.4 Å². The Hall–Kier alpha value is -2.63. The summed E-state index contributed by atoms with van der Waals surface area (Å²) in [6, 6.07) is 8.55. The number of carbonyl (C=O) groups is 1. The Morgan fingerprint density at radius 1 is 1.04 bits per heavy atom. The molecule has 2 N–H and O–H groups in total. The van der Waals surface area contributed by atoms with Crippen LogP contribution in [0.4, 0.5) is 17.2 Å². The number of anilines is 3. The van der Waals surface area contributed by atoms with Crippen LogP contribution in [0.1, 0.15) is 43.1 Å². The third-order valence-corrected chi connectivity index (χ3v) is 5.09. The van der Waals surface area contributed by atoms with E-state index in [1.165, 1.54) is 37.6 Å². The van der Waals surface area contributed by atoms with E-state index < -0.39 is 0 Å². The summed E-state index contributed by atoms with van der Waals surface area (Å²) < 4.78 is 0. The van der Waals surface area contributed by atoms with Crippen LogP contribution >= 0.6 is 0 Å². The van der Waals surface area contributed by atoms with Gasteiger partial charge >= 0.3 is 0 Å². The van der Waals surface area contributed by atoms with Crippen LogP contribution in [0.2, 0.25) is 0 Å². The normalized spacial score (nSPS) is 17.8. The summed E-state index contributed by atoms with van der Waals surface area (Å²) in [6.07, 6.45) is 7.97. The van der Waals surface area contributed by atoms with Crippen LogP contribution in [0.25, 0.3) is 0 Å². The zero-order valence-corrected chi connectivity index (χ0v) is 15.1. The molecule has 6 heteroatoms. The van der Waals surface area contributed by atoms with Crippen LogP contribution in [-0.2, 0) is 0 Å². The summed E-state index contributed by atoms with van der Waals surface area (Å²) >= 11 is 0. The highest BCUT2D eigenvalue weighted by atomic mass is 16.1. The molecule has 1 saturated carbocycles. The van der Waals surface area contributed by atoms with Crippen LogP contribution in [0, 0.1) is 5.92 Å². The average molecular weight is 351 g/mol. The van der Waals surface area contributed by atoms with E-state index in [-0.39, 0.29) is 5.91 Å². The van der Waals surface area contributed by atoms with Gasteiger partial charge in [0.25, 0.3) is 5.91 Å². The molecule has 2 heterocycles. The van der Waals surface area contributed by atoms with Crippen LogP contribution in [0.15, 0.2) is 36.7 Å². The zero-order valence-electron chi connectivity index (χ0n) is 15.1. The van der Waals surface area contributed by atoms with Crippen molar-refractivity contribution in [2.75, 3.05) is 28.6 Å². The molecule has 2 aromatic rings. The fourth-order valence-corrected chi connectivity index (χ4v) is 3.17. The molecule has 26 heavy (non-hydrogen) atoms. The Morgan fingerprint density at radius 3 is 2.38 bits per heavy atom. The van der Waals surface area contributed by atoms with Crippen molar-refractivity contribution >= 4 is 23.1 Å². The molecule has 0 radical (unpaired) electrons. The molecule has 1 aromatic carbocycles. The maximum absolute atomic E-state index is 12.3. The number of benzene rings is 1. The van der Waals surface area contributed by atoms with Gasteiger partial charge in [-0.2, -0.15) is 0 Å². The molecule has 0 spiro atoms. The second-order valence-electron chi connectivity index (χ2n) is 7.38. The molecule has 0 bridgehead atoms. The maximum atomic E-state index is 12.3. The van der Waals surface area contributed by atoms with Crippen LogP contribution in [-0.4, -0.2) is 35.0 Å². The number of carbonyl (C=O) groups excluding carboxylic acids is 1. The topological polar surface area (TPSA) is 70.2 Å². The molecule has 2 fully saturated rings. The monoisotopic (exact) mass is 351 g/mol. The van der Waals surface area contributed by atoms with Gasteiger partial charge in [0, 0.05) is 30.5 Å². The summed E-state index contributed by atoms with van der Waals surface area (Å²) in [7, 11) is 0. The van der Waals surface area contributed by atoms with Gasteiger partial charge in [0.15, 0.2) is 0 Å². The number of hydrogen-bond acceptors (Lipinski definition) is 5. The number of piperidine rings is 1. The number of nitrogens with one attached hydrogen (secondary N) is 2. The Balaban J connectivity index is 1.35. The standard InChI is InChI=1S/C20H25N5O/c1-14-8-10-25(11-9-14)17-6-4-16(5-7-17)24-20(26)18-12-22-19(13-21-18)23-15-2-3-15/h4-7,12-15H,2-3,8-11H2,1H3,(H,22,23)(H,24,26). The molecule has 1 aliphatic heterocycles. The van der Waals surface area contributed by atoms with Gasteiger partial charge in [0.1, 0.15) is 11.5 Å². The first-order chi connectivity index (χ1) is 12.7. The van der Waals surface area contributed by atoms with Crippen molar-refractivity contribution in [3.63, 3.8) is 0 Å². The number of rotatable bonds is 5. The van der Waals surface area contributed by atoms with Crippen molar-refractivity contribution in [2.45, 2.75) is 38.6 Å². The zero-order chi connectivity index (χ0) is 17.9. The number of aromatic nitrogens is 2. The van der Waals surface area contributed by atoms with Gasteiger partial charge in [-0.15, -0.1) is 0 Å². The summed E-state index contributed by atoms with van der Waals surface area (Å²) in [5.74, 6) is 1.30. The fourth-order valence-electron chi connectivity index (χ4n) is 3.17. The van der Waals surface area contributed by atoms with Gasteiger partial charge in [-0.1, -0.05) is 6.92 Å². The lowest BCUT2D eigenvalue weighted by Gasteiger charge is -2.32. The third-order valence-electron chi connectivity index (χ3n) is 5.09. The lowest BCUT2D eigenvalue weighted by Crippen LogP contribution is -2.32. The Kier molecular flexibility index (Phi) is 4.73. The Labute approximate surface area is 154 Å². The molecule has 2 aliphatic rings. The number of amides is 1. The van der Waals surface area contributed by atoms with E-state index in [1.54, 1.807) is 6.20 Å². The smallest absolute Gasteiger partial charge is 0.275 e. The van der Waals surface area contributed by atoms with E-state index in [0.717, 1.165) is 30.5 Å². The van der Waals surface area contributed by atoms with Crippen LogP contribution < -0.4 is 15.5 Å². The number of hydrogen-bond donors (Lipinski definition) is 2. The average Bonchev–Trinajstić information content (AvgIpc) is 3.48. The second kappa shape index (κ2) is 7.32. The lowest BCUT2D eigenvalue weighted by atomic mass is 9.99. The van der Waals surface area contributed by atoms with E-state index >= 15 is 0 Å². The molecular weight excluding hydrogens is 326 g/mol. The van der Waals surface area contributed by atoms with Gasteiger partial charge < -0.3 is 15.5 Å². The van der Waals surface area contributed by atoms with Crippen molar-refractivity contribution in [2.24, 2.45) is 5.92 Å². The molecule has 0 unspecified atom stereocenters. The SMILES string of the molecule is CC1CCN(c2ccc(NC(=O)c3cnc(NC4CC4)cn3)cc2)CC1. The summed E-state index contributed by atoms with van der Waals surface area (Å²) in [5.41, 5.74) is 2.30. The Morgan fingerprint density at radius 2 is 1.77 bits per heavy atom. The van der Waals surface area contributed by atoms with Crippen molar-refractivity contribution in [1.29, 1.82) is 0 Å². The summed E-state index contributed by atoms with van der Waals surface area (Å²) in [4.78, 5) is 23.2. The molecule has 136 valence electrons. The third kappa shape index (κ3) is 4.12. The molecule has 4 rings (SSSR count). The fraction of sp³-hybridized carbons (Fsp3) is 0.450. The van der Waals surface area contributed by atoms with Crippen molar-refractivity contribution in [3.8, 4) is 0 Å². The van der Waals surface area contributed by atoms with Crippen molar-refractivity contribution in [1.82, 2.24) is 9.97 Å². The highest BCUT2D eigenvalue weighted by Gasteiger charge is 2.21. The quantitative estimate of drug-likeness (QED) is 0.862. The predicted molar refractivity (Wildman–Crippen MR) is 104 cm³/mol. The number of nitrogens with zero attached hydrogens (tertiary/aromatic N) is 3. The lowest BCUT2D eigenvalue weighted by molar-refractivity contribution is 0.102. The minimum atomic E-state index is -0.241. The largest absolute Gasteiger partial charge is 0.372 e. The molecule has 1 aliphatic carbocycles. The molecule has 1 aromatic heterocycles. The van der Waals surface area contributed by atoms with Crippen LogP contribution in [0.5, 0.6) is 0 Å². The van der Waals surface area contributed by atoms with E-state index in [9.17, 15) is 4.79 Å². The van der Waals surface area contributed by atoms with Gasteiger partial charge in [-0.3, -0.25) is 4.79 Å². The molecule has 1 amide bonds. The predicted octanol–water partition coefficient (Wildman–Crippen LogP) is 3.54. The van der Waals surface area contributed by atoms with E-state index in [0.29, 0.717) is 11.7 Å².